The Morgan fingerprint density at radius 2 is 1.37 bits per heavy atom. The molecule has 0 N–H and O–H groups in total. The van der Waals surface area contributed by atoms with E-state index in [0.717, 1.165) is 0 Å². The van der Waals surface area contributed by atoms with Crippen LogP contribution in [-0.2, 0) is 0 Å². The third kappa shape index (κ3) is 2.40. The molecule has 2 heteroatoms. The second kappa shape index (κ2) is 6.71. The van der Waals surface area contributed by atoms with Crippen molar-refractivity contribution in [2.75, 3.05) is 19.0 Å². The first-order valence-corrected chi connectivity index (χ1v) is 13.3. The fourth-order valence-electron chi connectivity index (χ4n) is 6.16. The van der Waals surface area contributed by atoms with Crippen molar-refractivity contribution in [3.63, 3.8) is 0 Å². The van der Waals surface area contributed by atoms with Crippen LogP contribution in [0.2, 0.25) is 11.1 Å². The number of nitrogens with zero attached hydrogens (tertiary/aromatic N) is 1. The van der Waals surface area contributed by atoms with E-state index in [1.165, 1.54) is 38.4 Å². The molecule has 0 fully saturated rings. The summed E-state index contributed by atoms with van der Waals surface area (Å²) >= 11 is 0. The van der Waals surface area contributed by atoms with E-state index in [4.69, 9.17) is 0 Å². The van der Waals surface area contributed by atoms with Gasteiger partial charge in [0.15, 0.2) is 0 Å². The van der Waals surface area contributed by atoms with Gasteiger partial charge >= 0.3 is 0 Å². The van der Waals surface area contributed by atoms with Gasteiger partial charge in [0.05, 0.1) is 0 Å². The fourth-order valence-corrected chi connectivity index (χ4v) is 12.4. The molecule has 0 radical (unpaired) electrons. The van der Waals surface area contributed by atoms with Gasteiger partial charge in [-0.3, -0.25) is 0 Å². The molecule has 1 heterocycles. The highest BCUT2D eigenvalue weighted by molar-refractivity contribution is 7.06. The Morgan fingerprint density at radius 1 is 0.667 bits per heavy atom. The Kier molecular flexibility index (Phi) is 4.34. The maximum absolute atomic E-state index is 2.51. The molecule has 0 spiro atoms. The summed E-state index contributed by atoms with van der Waals surface area (Å²) in [6.45, 7) is 9.85. The molecule has 152 valence electrons. The summed E-state index contributed by atoms with van der Waals surface area (Å²) in [5.74, 6) is 0. The van der Waals surface area contributed by atoms with Gasteiger partial charge in [-0.25, -0.2) is 0 Å². The monoisotopic (exact) mass is 409 g/mol. The van der Waals surface area contributed by atoms with E-state index in [2.05, 4.69) is 113 Å². The number of hydrogen-bond acceptors (Lipinski definition) is 1. The minimum absolute atomic E-state index is 0.624. The van der Waals surface area contributed by atoms with E-state index in [-0.39, 0.29) is 0 Å². The van der Waals surface area contributed by atoms with Crippen LogP contribution in [0, 0.1) is 0 Å². The van der Waals surface area contributed by atoms with Crippen molar-refractivity contribution in [3.05, 3.63) is 66.7 Å². The molecule has 4 aromatic rings. The SMILES string of the molecule is CC(C)[Si]1(C(C)C)c2cc(N(C)C)ccc2-c2cc3ccccc3c3cccc1c23. The first kappa shape index (κ1) is 19.4. The Labute approximate surface area is 181 Å². The molecule has 5 rings (SSSR count). The van der Waals surface area contributed by atoms with Gasteiger partial charge in [0.25, 0.3) is 0 Å². The lowest BCUT2D eigenvalue weighted by Gasteiger charge is -2.45. The van der Waals surface area contributed by atoms with Gasteiger partial charge in [-0.15, -0.1) is 0 Å². The molecule has 0 amide bonds. The average molecular weight is 410 g/mol. The van der Waals surface area contributed by atoms with E-state index in [9.17, 15) is 0 Å². The molecule has 0 aliphatic carbocycles. The Morgan fingerprint density at radius 3 is 2.07 bits per heavy atom. The fraction of sp³-hybridized carbons (Fsp3) is 0.286. The van der Waals surface area contributed by atoms with Crippen LogP contribution in [-0.4, -0.2) is 22.2 Å². The van der Waals surface area contributed by atoms with Crippen molar-refractivity contribution >= 4 is 45.7 Å². The summed E-state index contributed by atoms with van der Waals surface area (Å²) in [4.78, 5) is 2.25. The van der Waals surface area contributed by atoms with Gasteiger partial charge < -0.3 is 4.90 Å². The van der Waals surface area contributed by atoms with E-state index in [1.54, 1.807) is 10.4 Å². The predicted molar refractivity (Wildman–Crippen MR) is 136 cm³/mol. The zero-order valence-corrected chi connectivity index (χ0v) is 20.0. The van der Waals surface area contributed by atoms with Crippen molar-refractivity contribution in [2.24, 2.45) is 0 Å². The lowest BCUT2D eigenvalue weighted by Crippen LogP contribution is -2.64. The van der Waals surface area contributed by atoms with Crippen LogP contribution < -0.4 is 15.3 Å². The summed E-state index contributed by atoms with van der Waals surface area (Å²) < 4.78 is 0. The molecule has 1 nitrogen and oxygen atoms in total. The molecule has 0 aromatic heterocycles. The summed E-state index contributed by atoms with van der Waals surface area (Å²) in [7, 11) is 2.31. The minimum atomic E-state index is -2.00. The number of benzene rings is 4. The van der Waals surface area contributed by atoms with E-state index >= 15 is 0 Å². The molecule has 0 saturated heterocycles. The quantitative estimate of drug-likeness (QED) is 0.279. The molecule has 1 aliphatic heterocycles. The number of fused-ring (bicyclic) bond motifs is 4. The zero-order valence-electron chi connectivity index (χ0n) is 19.0. The zero-order chi connectivity index (χ0) is 21.2. The van der Waals surface area contributed by atoms with Crippen LogP contribution >= 0.6 is 0 Å². The first-order chi connectivity index (χ1) is 14.4. The van der Waals surface area contributed by atoms with Crippen LogP contribution in [0.5, 0.6) is 0 Å². The normalized spacial score (nSPS) is 14.5. The van der Waals surface area contributed by atoms with Crippen LogP contribution in [0.25, 0.3) is 32.7 Å². The van der Waals surface area contributed by atoms with Crippen LogP contribution in [0.3, 0.4) is 0 Å². The number of rotatable bonds is 3. The van der Waals surface area contributed by atoms with Gasteiger partial charge in [0.2, 0.25) is 0 Å². The standard InChI is InChI=1S/C28H31NSi/c1-18(2)30(19(3)4)26-13-9-12-24-22-11-8-7-10-20(22)16-25(28(24)26)23-15-14-21(29(5)6)17-27(23)30/h7-19H,1-6H3. The molecular weight excluding hydrogens is 378 g/mol. The van der Waals surface area contributed by atoms with Gasteiger partial charge in [0, 0.05) is 19.8 Å². The Balaban J connectivity index is 2.04. The molecule has 0 bridgehead atoms. The minimum Gasteiger partial charge on any atom is -0.378 e. The second-order valence-corrected chi connectivity index (χ2v) is 14.8. The third-order valence-corrected chi connectivity index (χ3v) is 13.7. The van der Waals surface area contributed by atoms with Gasteiger partial charge in [0.1, 0.15) is 8.07 Å². The Bertz CT molecular complexity index is 1270. The molecule has 4 aromatic carbocycles. The molecule has 30 heavy (non-hydrogen) atoms. The second-order valence-electron chi connectivity index (χ2n) is 9.68. The molecule has 0 saturated carbocycles. The smallest absolute Gasteiger partial charge is 0.124 e. The Hall–Kier alpha value is -2.58. The molecular formula is C28H31NSi. The molecule has 0 atom stereocenters. The number of hydrogen-bond donors (Lipinski definition) is 0. The summed E-state index contributed by atoms with van der Waals surface area (Å²) in [6.07, 6.45) is 0. The summed E-state index contributed by atoms with van der Waals surface area (Å²) in [5.41, 5.74) is 5.44. The third-order valence-electron chi connectivity index (χ3n) is 7.41. The van der Waals surface area contributed by atoms with Gasteiger partial charge in [-0.2, -0.15) is 0 Å². The van der Waals surface area contributed by atoms with Gasteiger partial charge in [-0.05, 0) is 72.3 Å². The molecule has 1 aliphatic rings. The maximum atomic E-state index is 2.51. The van der Waals surface area contributed by atoms with E-state index in [0.29, 0.717) is 11.1 Å². The molecule has 0 unspecified atom stereocenters. The lowest BCUT2D eigenvalue weighted by molar-refractivity contribution is 0.928. The first-order valence-electron chi connectivity index (χ1n) is 11.1. The maximum Gasteiger partial charge on any atom is 0.124 e. The highest BCUT2D eigenvalue weighted by Crippen LogP contribution is 2.44. The predicted octanol–water partition coefficient (Wildman–Crippen LogP) is 6.42. The van der Waals surface area contributed by atoms with Gasteiger partial charge in [-0.1, -0.05) is 76.2 Å². The largest absolute Gasteiger partial charge is 0.378 e. The van der Waals surface area contributed by atoms with E-state index in [1.807, 2.05) is 0 Å². The van der Waals surface area contributed by atoms with Crippen LogP contribution in [0.4, 0.5) is 5.69 Å². The summed E-state index contributed by atoms with van der Waals surface area (Å²) in [5, 5.41) is 8.89. The van der Waals surface area contributed by atoms with Crippen molar-refractivity contribution < 1.29 is 0 Å². The van der Waals surface area contributed by atoms with Crippen LogP contribution in [0.1, 0.15) is 27.7 Å². The number of anilines is 1. The van der Waals surface area contributed by atoms with Crippen molar-refractivity contribution in [2.45, 2.75) is 38.8 Å². The van der Waals surface area contributed by atoms with Crippen LogP contribution in [0.15, 0.2) is 66.7 Å². The van der Waals surface area contributed by atoms with Crippen molar-refractivity contribution in [1.82, 2.24) is 0 Å². The summed E-state index contributed by atoms with van der Waals surface area (Å²) in [6, 6.07) is 25.6. The van der Waals surface area contributed by atoms with E-state index < -0.39 is 8.07 Å². The highest BCUT2D eigenvalue weighted by atomic mass is 28.3. The van der Waals surface area contributed by atoms with Crippen molar-refractivity contribution in [1.29, 1.82) is 0 Å². The van der Waals surface area contributed by atoms with Crippen molar-refractivity contribution in [3.8, 4) is 11.1 Å². The lowest BCUT2D eigenvalue weighted by atomic mass is 9.92. The average Bonchev–Trinajstić information content (AvgIpc) is 2.73. The topological polar surface area (TPSA) is 3.24 Å². The highest BCUT2D eigenvalue weighted by Gasteiger charge is 2.48.